The van der Waals surface area contributed by atoms with Crippen LogP contribution in [-0.4, -0.2) is 51.8 Å². The van der Waals surface area contributed by atoms with Gasteiger partial charge < -0.3 is 0 Å². The molecule has 2 aromatic heterocycles. The predicted molar refractivity (Wildman–Crippen MR) is 87.3 cm³/mol. The van der Waals surface area contributed by atoms with Crippen LogP contribution in [0.5, 0.6) is 0 Å². The molecule has 1 atom stereocenters. The molecule has 0 radical (unpaired) electrons. The zero-order chi connectivity index (χ0) is 16.4. The second-order valence-corrected chi connectivity index (χ2v) is 7.76. The molecule has 1 aliphatic heterocycles. The average molecular weight is 335 g/mol. The van der Waals surface area contributed by atoms with Gasteiger partial charge >= 0.3 is 0 Å². The highest BCUT2D eigenvalue weighted by atomic mass is 32.2. The molecule has 124 valence electrons. The summed E-state index contributed by atoms with van der Waals surface area (Å²) in [7, 11) is -3.18. The first-order valence-electron chi connectivity index (χ1n) is 7.79. The van der Waals surface area contributed by atoms with E-state index in [1.807, 2.05) is 17.7 Å². The van der Waals surface area contributed by atoms with Gasteiger partial charge in [0.05, 0.1) is 17.6 Å². The molecule has 0 spiro atoms. The number of aryl methyl sites for hydroxylation is 1. The molecule has 1 aliphatic rings. The summed E-state index contributed by atoms with van der Waals surface area (Å²) >= 11 is 0. The first-order valence-corrected chi connectivity index (χ1v) is 9.63. The van der Waals surface area contributed by atoms with Crippen molar-refractivity contribution in [3.63, 3.8) is 0 Å². The number of hydrogen-bond acceptors (Lipinski definition) is 5. The lowest BCUT2D eigenvalue weighted by Gasteiger charge is -2.31. The van der Waals surface area contributed by atoms with Gasteiger partial charge in [-0.3, -0.25) is 14.6 Å². The van der Waals surface area contributed by atoms with Gasteiger partial charge in [0, 0.05) is 44.1 Å². The van der Waals surface area contributed by atoms with Gasteiger partial charge in [-0.05, 0) is 25.8 Å². The molecule has 0 bridgehead atoms. The quantitative estimate of drug-likeness (QED) is 0.846. The van der Waals surface area contributed by atoms with Crippen molar-refractivity contribution in [1.29, 1.82) is 0 Å². The minimum atomic E-state index is -3.18. The zero-order valence-electron chi connectivity index (χ0n) is 13.4. The molecule has 3 rings (SSSR count). The molecule has 3 heterocycles. The lowest BCUT2D eigenvalue weighted by atomic mass is 9.93. The van der Waals surface area contributed by atoms with E-state index in [9.17, 15) is 8.42 Å². The molecule has 0 aliphatic carbocycles. The van der Waals surface area contributed by atoms with E-state index in [0.29, 0.717) is 13.1 Å². The summed E-state index contributed by atoms with van der Waals surface area (Å²) in [6.07, 6.45) is 8.10. The standard InChI is InChI=1S/C15H21N5O2S/c1-3-20-13(6-7-18-20)15-14(16-8-9-17-15)12-5-4-10-19(11-12)23(2,21)22/h6-9,12H,3-5,10-11H2,1-2H3/t12-/m1/s1. The number of rotatable bonds is 4. The molecule has 1 fully saturated rings. The van der Waals surface area contributed by atoms with Gasteiger partial charge in [-0.25, -0.2) is 12.7 Å². The van der Waals surface area contributed by atoms with E-state index in [4.69, 9.17) is 0 Å². The number of aromatic nitrogens is 4. The van der Waals surface area contributed by atoms with Crippen LogP contribution in [0.3, 0.4) is 0 Å². The Kier molecular flexibility index (Phi) is 4.45. The van der Waals surface area contributed by atoms with Crippen LogP contribution in [0.4, 0.5) is 0 Å². The maximum Gasteiger partial charge on any atom is 0.211 e. The van der Waals surface area contributed by atoms with Crippen molar-refractivity contribution in [3.8, 4) is 11.4 Å². The van der Waals surface area contributed by atoms with Crippen molar-refractivity contribution in [1.82, 2.24) is 24.1 Å². The fourth-order valence-electron chi connectivity index (χ4n) is 3.10. The second-order valence-electron chi connectivity index (χ2n) is 5.78. The van der Waals surface area contributed by atoms with Crippen LogP contribution >= 0.6 is 0 Å². The van der Waals surface area contributed by atoms with E-state index < -0.39 is 10.0 Å². The summed E-state index contributed by atoms with van der Waals surface area (Å²) in [6, 6.07) is 1.92. The third kappa shape index (κ3) is 3.28. The normalized spacial score (nSPS) is 19.8. The largest absolute Gasteiger partial charge is 0.264 e. The van der Waals surface area contributed by atoms with E-state index in [2.05, 4.69) is 15.1 Å². The van der Waals surface area contributed by atoms with Crippen LogP contribution in [-0.2, 0) is 16.6 Å². The molecule has 0 N–H and O–H groups in total. The number of piperidine rings is 1. The molecular formula is C15H21N5O2S. The molecule has 0 amide bonds. The fraction of sp³-hybridized carbons (Fsp3) is 0.533. The maximum atomic E-state index is 11.9. The molecule has 0 unspecified atom stereocenters. The third-order valence-corrected chi connectivity index (χ3v) is 5.49. The Morgan fingerprint density at radius 2 is 2.04 bits per heavy atom. The fourth-order valence-corrected chi connectivity index (χ4v) is 4.01. The SMILES string of the molecule is CCn1nccc1-c1nccnc1[C@@H]1CCCN(S(C)(=O)=O)C1. The number of sulfonamides is 1. The van der Waals surface area contributed by atoms with E-state index in [-0.39, 0.29) is 5.92 Å². The molecule has 7 nitrogen and oxygen atoms in total. The summed E-state index contributed by atoms with van der Waals surface area (Å²) < 4.78 is 27.1. The van der Waals surface area contributed by atoms with Crippen molar-refractivity contribution in [2.75, 3.05) is 19.3 Å². The summed E-state index contributed by atoms with van der Waals surface area (Å²) in [5, 5.41) is 4.29. The van der Waals surface area contributed by atoms with E-state index in [1.165, 1.54) is 10.6 Å². The zero-order valence-corrected chi connectivity index (χ0v) is 14.2. The Balaban J connectivity index is 1.98. The van der Waals surface area contributed by atoms with Crippen LogP contribution in [0, 0.1) is 0 Å². The van der Waals surface area contributed by atoms with Crippen molar-refractivity contribution in [2.24, 2.45) is 0 Å². The highest BCUT2D eigenvalue weighted by molar-refractivity contribution is 7.88. The van der Waals surface area contributed by atoms with Gasteiger partial charge in [0.1, 0.15) is 5.69 Å². The number of hydrogen-bond donors (Lipinski definition) is 0. The average Bonchev–Trinajstić information content (AvgIpc) is 3.02. The summed E-state index contributed by atoms with van der Waals surface area (Å²) in [4.78, 5) is 9.03. The number of nitrogens with zero attached hydrogens (tertiary/aromatic N) is 5. The van der Waals surface area contributed by atoms with Gasteiger partial charge in [-0.1, -0.05) is 0 Å². The van der Waals surface area contributed by atoms with Gasteiger partial charge in [-0.15, -0.1) is 0 Å². The molecule has 1 saturated heterocycles. The third-order valence-electron chi connectivity index (χ3n) is 4.23. The molecule has 23 heavy (non-hydrogen) atoms. The van der Waals surface area contributed by atoms with E-state index in [1.54, 1.807) is 18.6 Å². The van der Waals surface area contributed by atoms with Crippen LogP contribution in [0.2, 0.25) is 0 Å². The molecular weight excluding hydrogens is 314 g/mol. The summed E-state index contributed by atoms with van der Waals surface area (Å²) in [5.41, 5.74) is 2.58. The Bertz CT molecular complexity index is 787. The Hall–Kier alpha value is -1.80. The minimum Gasteiger partial charge on any atom is -0.264 e. The summed E-state index contributed by atoms with van der Waals surface area (Å²) in [5.74, 6) is 0.0578. The molecule has 0 saturated carbocycles. The van der Waals surface area contributed by atoms with Crippen molar-refractivity contribution in [3.05, 3.63) is 30.4 Å². The van der Waals surface area contributed by atoms with Gasteiger partial charge in [0.15, 0.2) is 0 Å². The smallest absolute Gasteiger partial charge is 0.211 e. The Labute approximate surface area is 136 Å². The topological polar surface area (TPSA) is 81.0 Å². The lowest BCUT2D eigenvalue weighted by Crippen LogP contribution is -2.38. The molecule has 2 aromatic rings. The highest BCUT2D eigenvalue weighted by Crippen LogP contribution is 2.32. The van der Waals surface area contributed by atoms with E-state index in [0.717, 1.165) is 36.5 Å². The second kappa shape index (κ2) is 6.37. The van der Waals surface area contributed by atoms with Gasteiger partial charge in [-0.2, -0.15) is 5.10 Å². The van der Waals surface area contributed by atoms with E-state index >= 15 is 0 Å². The monoisotopic (exact) mass is 335 g/mol. The maximum absolute atomic E-state index is 11.9. The van der Waals surface area contributed by atoms with Crippen LogP contribution < -0.4 is 0 Å². The summed E-state index contributed by atoms with van der Waals surface area (Å²) in [6.45, 7) is 3.82. The van der Waals surface area contributed by atoms with Crippen LogP contribution in [0.1, 0.15) is 31.4 Å². The Morgan fingerprint density at radius 3 is 2.78 bits per heavy atom. The van der Waals surface area contributed by atoms with Crippen molar-refractivity contribution >= 4 is 10.0 Å². The van der Waals surface area contributed by atoms with Crippen LogP contribution in [0.25, 0.3) is 11.4 Å². The Morgan fingerprint density at radius 1 is 1.26 bits per heavy atom. The van der Waals surface area contributed by atoms with Crippen LogP contribution in [0.15, 0.2) is 24.7 Å². The predicted octanol–water partition coefficient (Wildman–Crippen LogP) is 1.50. The highest BCUT2D eigenvalue weighted by Gasteiger charge is 2.30. The molecule has 8 heteroatoms. The van der Waals surface area contributed by atoms with Crippen molar-refractivity contribution in [2.45, 2.75) is 32.2 Å². The minimum absolute atomic E-state index is 0.0578. The van der Waals surface area contributed by atoms with Gasteiger partial charge in [0.2, 0.25) is 10.0 Å². The van der Waals surface area contributed by atoms with Crippen molar-refractivity contribution < 1.29 is 8.42 Å². The first-order chi connectivity index (χ1) is 11.0. The van der Waals surface area contributed by atoms with Gasteiger partial charge in [0.25, 0.3) is 0 Å². The lowest BCUT2D eigenvalue weighted by molar-refractivity contribution is 0.314. The first kappa shape index (κ1) is 16.1. The molecule has 0 aromatic carbocycles.